The monoisotopic (exact) mass is 294 g/mol. The van der Waals surface area contributed by atoms with Crippen molar-refractivity contribution in [2.45, 2.75) is 52.0 Å². The second-order valence-corrected chi connectivity index (χ2v) is 6.75. The third-order valence-corrected chi connectivity index (χ3v) is 4.89. The summed E-state index contributed by atoms with van der Waals surface area (Å²) in [6.45, 7) is 3.79. The van der Waals surface area contributed by atoms with Gasteiger partial charge in [0.2, 0.25) is 5.91 Å². The molecule has 2 amide bonds. The Morgan fingerprint density at radius 2 is 2.00 bits per heavy atom. The molecule has 2 rings (SSSR count). The summed E-state index contributed by atoms with van der Waals surface area (Å²) in [7, 11) is 0. The lowest BCUT2D eigenvalue weighted by molar-refractivity contribution is -0.119. The van der Waals surface area contributed by atoms with Crippen molar-refractivity contribution in [3.63, 3.8) is 0 Å². The van der Waals surface area contributed by atoms with Crippen molar-refractivity contribution in [3.05, 3.63) is 21.4 Å². The Bertz CT molecular complexity index is 484. The van der Waals surface area contributed by atoms with Crippen LogP contribution in [-0.4, -0.2) is 29.3 Å². The van der Waals surface area contributed by atoms with Crippen LogP contribution < -0.4 is 5.73 Å². The summed E-state index contributed by atoms with van der Waals surface area (Å²) in [4.78, 5) is 27.3. The molecule has 5 heteroatoms. The fourth-order valence-electron chi connectivity index (χ4n) is 2.57. The fourth-order valence-corrected chi connectivity index (χ4v) is 3.78. The molecule has 110 valence electrons. The highest BCUT2D eigenvalue weighted by Gasteiger charge is 2.24. The van der Waals surface area contributed by atoms with Crippen LogP contribution in [0.25, 0.3) is 0 Å². The maximum absolute atomic E-state index is 12.6. The summed E-state index contributed by atoms with van der Waals surface area (Å²) in [6.07, 6.45) is 5.81. The van der Waals surface area contributed by atoms with Crippen molar-refractivity contribution < 1.29 is 9.59 Å². The fraction of sp³-hybridized carbons (Fsp3) is 0.600. The number of primary amides is 1. The molecule has 20 heavy (non-hydrogen) atoms. The zero-order valence-corrected chi connectivity index (χ0v) is 13.0. The standard InChI is InChI=1S/C15H22N2O2S/c1-10(2)17(9-14(16)18)15(19)13-8-11-6-4-3-5-7-12(11)20-13/h8,10H,3-7,9H2,1-2H3,(H2,16,18). The van der Waals surface area contributed by atoms with Gasteiger partial charge in [-0.3, -0.25) is 9.59 Å². The van der Waals surface area contributed by atoms with Gasteiger partial charge < -0.3 is 10.6 Å². The first kappa shape index (κ1) is 15.0. The topological polar surface area (TPSA) is 63.4 Å². The summed E-state index contributed by atoms with van der Waals surface area (Å²) in [5, 5.41) is 0. The molecule has 0 bridgehead atoms. The number of hydrogen-bond donors (Lipinski definition) is 1. The molecule has 1 heterocycles. The molecule has 0 fully saturated rings. The number of carbonyl (C=O) groups excluding carboxylic acids is 2. The minimum atomic E-state index is -0.467. The predicted octanol–water partition coefficient (Wildman–Crippen LogP) is 2.35. The number of nitrogens with zero attached hydrogens (tertiary/aromatic N) is 1. The van der Waals surface area contributed by atoms with Gasteiger partial charge >= 0.3 is 0 Å². The number of thiophene rings is 1. The van der Waals surface area contributed by atoms with Gasteiger partial charge in [-0.1, -0.05) is 6.42 Å². The highest BCUT2D eigenvalue weighted by atomic mass is 32.1. The van der Waals surface area contributed by atoms with Gasteiger partial charge in [0.25, 0.3) is 5.91 Å². The maximum Gasteiger partial charge on any atom is 0.264 e. The van der Waals surface area contributed by atoms with E-state index >= 15 is 0 Å². The van der Waals surface area contributed by atoms with Crippen molar-refractivity contribution in [1.29, 1.82) is 0 Å². The number of aryl methyl sites for hydroxylation is 2. The van der Waals surface area contributed by atoms with Gasteiger partial charge in [0.05, 0.1) is 11.4 Å². The van der Waals surface area contributed by atoms with Crippen molar-refractivity contribution >= 4 is 23.2 Å². The first-order valence-electron chi connectivity index (χ1n) is 7.20. The summed E-state index contributed by atoms with van der Waals surface area (Å²) >= 11 is 1.59. The molecule has 0 unspecified atom stereocenters. The first-order valence-corrected chi connectivity index (χ1v) is 8.01. The summed E-state index contributed by atoms with van der Waals surface area (Å²) in [6, 6.07) is 1.99. The van der Waals surface area contributed by atoms with Crippen LogP contribution in [0.15, 0.2) is 6.07 Å². The van der Waals surface area contributed by atoms with E-state index in [4.69, 9.17) is 5.73 Å². The molecule has 4 nitrogen and oxygen atoms in total. The summed E-state index contributed by atoms with van der Waals surface area (Å²) in [5.74, 6) is -0.540. The molecule has 1 aliphatic carbocycles. The highest BCUT2D eigenvalue weighted by molar-refractivity contribution is 7.14. The molecule has 0 aliphatic heterocycles. The van der Waals surface area contributed by atoms with E-state index in [1.54, 1.807) is 16.2 Å². The second kappa shape index (κ2) is 6.39. The molecule has 0 saturated heterocycles. The number of nitrogens with two attached hydrogens (primary N) is 1. The minimum absolute atomic E-state index is 0.0148. The van der Waals surface area contributed by atoms with Gasteiger partial charge in [-0.25, -0.2) is 0 Å². The van der Waals surface area contributed by atoms with Crippen LogP contribution in [0.5, 0.6) is 0 Å². The van der Waals surface area contributed by atoms with Crippen LogP contribution in [-0.2, 0) is 17.6 Å². The number of carbonyl (C=O) groups is 2. The van der Waals surface area contributed by atoms with Gasteiger partial charge in [0.1, 0.15) is 0 Å². The quantitative estimate of drug-likeness (QED) is 0.866. The molecule has 1 aliphatic rings. The largest absolute Gasteiger partial charge is 0.368 e. The SMILES string of the molecule is CC(C)N(CC(N)=O)C(=O)c1cc2c(s1)CCCCC2. The van der Waals surface area contributed by atoms with E-state index in [2.05, 4.69) is 0 Å². The Morgan fingerprint density at radius 1 is 1.30 bits per heavy atom. The van der Waals surface area contributed by atoms with Crippen LogP contribution in [0.3, 0.4) is 0 Å². The van der Waals surface area contributed by atoms with E-state index in [0.717, 1.165) is 17.7 Å². The zero-order chi connectivity index (χ0) is 14.7. The second-order valence-electron chi connectivity index (χ2n) is 5.61. The molecule has 2 N–H and O–H groups in total. The Balaban J connectivity index is 2.21. The molecule has 0 radical (unpaired) electrons. The molecular weight excluding hydrogens is 272 g/mol. The molecular formula is C15H22N2O2S. The normalized spacial score (nSPS) is 14.8. The van der Waals surface area contributed by atoms with Gasteiger partial charge in [-0.2, -0.15) is 0 Å². The Kier molecular flexibility index (Phi) is 4.81. The molecule has 0 spiro atoms. The maximum atomic E-state index is 12.6. The van der Waals surface area contributed by atoms with E-state index in [0.29, 0.717) is 0 Å². The van der Waals surface area contributed by atoms with Crippen LogP contribution in [0.4, 0.5) is 0 Å². The molecule has 1 aromatic rings. The zero-order valence-electron chi connectivity index (χ0n) is 12.1. The number of hydrogen-bond acceptors (Lipinski definition) is 3. The molecule has 0 saturated carbocycles. The average Bonchev–Trinajstić information content (AvgIpc) is 2.66. The third-order valence-electron chi connectivity index (χ3n) is 3.67. The Morgan fingerprint density at radius 3 is 2.65 bits per heavy atom. The van der Waals surface area contributed by atoms with E-state index < -0.39 is 5.91 Å². The lowest BCUT2D eigenvalue weighted by Crippen LogP contribution is -2.42. The van der Waals surface area contributed by atoms with Gasteiger partial charge in [0, 0.05) is 10.9 Å². The number of fused-ring (bicyclic) bond motifs is 1. The van der Waals surface area contributed by atoms with E-state index in [1.165, 1.54) is 29.7 Å². The predicted molar refractivity (Wildman–Crippen MR) is 80.9 cm³/mol. The van der Waals surface area contributed by atoms with Crippen LogP contribution in [0, 0.1) is 0 Å². The molecule has 1 aromatic heterocycles. The van der Waals surface area contributed by atoms with Gasteiger partial charge in [0.15, 0.2) is 0 Å². The third kappa shape index (κ3) is 3.39. The van der Waals surface area contributed by atoms with E-state index in [9.17, 15) is 9.59 Å². The molecule has 0 atom stereocenters. The van der Waals surface area contributed by atoms with Gasteiger partial charge in [-0.05, 0) is 51.2 Å². The van der Waals surface area contributed by atoms with Crippen LogP contribution >= 0.6 is 11.3 Å². The van der Waals surface area contributed by atoms with E-state index in [1.807, 2.05) is 19.9 Å². The summed E-state index contributed by atoms with van der Waals surface area (Å²) < 4.78 is 0. The van der Waals surface area contributed by atoms with Crippen molar-refractivity contribution in [2.24, 2.45) is 5.73 Å². The first-order chi connectivity index (χ1) is 9.49. The smallest absolute Gasteiger partial charge is 0.264 e. The molecule has 0 aromatic carbocycles. The van der Waals surface area contributed by atoms with Gasteiger partial charge in [-0.15, -0.1) is 11.3 Å². The number of rotatable bonds is 4. The van der Waals surface area contributed by atoms with Crippen molar-refractivity contribution in [1.82, 2.24) is 4.90 Å². The lowest BCUT2D eigenvalue weighted by atomic mass is 10.1. The van der Waals surface area contributed by atoms with Crippen molar-refractivity contribution in [2.75, 3.05) is 6.54 Å². The summed E-state index contributed by atoms with van der Waals surface area (Å²) in [5.41, 5.74) is 6.55. The van der Waals surface area contributed by atoms with Crippen molar-refractivity contribution in [3.8, 4) is 0 Å². The van der Waals surface area contributed by atoms with Crippen LogP contribution in [0.1, 0.15) is 53.2 Å². The Labute approximate surface area is 124 Å². The Hall–Kier alpha value is -1.36. The highest BCUT2D eigenvalue weighted by Crippen LogP contribution is 2.30. The lowest BCUT2D eigenvalue weighted by Gasteiger charge is -2.24. The van der Waals surface area contributed by atoms with Crippen LogP contribution in [0.2, 0.25) is 0 Å². The average molecular weight is 294 g/mol. The van der Waals surface area contributed by atoms with E-state index in [-0.39, 0.29) is 18.5 Å². The minimum Gasteiger partial charge on any atom is -0.368 e. The number of amides is 2.